The predicted octanol–water partition coefficient (Wildman–Crippen LogP) is 4.86. The van der Waals surface area contributed by atoms with E-state index in [1.807, 2.05) is 24.3 Å². The van der Waals surface area contributed by atoms with Crippen molar-refractivity contribution in [1.29, 1.82) is 0 Å². The van der Waals surface area contributed by atoms with Crippen molar-refractivity contribution in [2.45, 2.75) is 12.6 Å². The summed E-state index contributed by atoms with van der Waals surface area (Å²) in [4.78, 5) is 9.00. The van der Waals surface area contributed by atoms with Crippen LogP contribution in [0.1, 0.15) is 5.76 Å². The first-order valence-electron chi connectivity index (χ1n) is 14.1. The van der Waals surface area contributed by atoms with Gasteiger partial charge in [-0.2, -0.15) is 0 Å². The third kappa shape index (κ3) is 6.80. The van der Waals surface area contributed by atoms with Gasteiger partial charge in [0, 0.05) is 62.0 Å². The van der Waals surface area contributed by atoms with Gasteiger partial charge in [0.05, 0.1) is 20.8 Å². The number of hydrogen-bond donors (Lipinski definition) is 1. The summed E-state index contributed by atoms with van der Waals surface area (Å²) in [6.45, 7) is 4.62. The van der Waals surface area contributed by atoms with Crippen molar-refractivity contribution < 1.29 is 32.6 Å². The molecule has 224 valence electrons. The highest BCUT2D eigenvalue weighted by Gasteiger charge is 2.22. The van der Waals surface area contributed by atoms with E-state index in [1.165, 1.54) is 12.1 Å². The van der Waals surface area contributed by atoms with Gasteiger partial charge in [-0.1, -0.05) is 11.2 Å². The number of piperazine rings is 1. The molecule has 0 saturated carbocycles. The lowest BCUT2D eigenvalue weighted by Crippen LogP contribution is -2.48. The monoisotopic (exact) mass is 588 g/mol. The van der Waals surface area contributed by atoms with Gasteiger partial charge in [0.1, 0.15) is 47.0 Å². The van der Waals surface area contributed by atoms with E-state index < -0.39 is 6.10 Å². The molecule has 0 radical (unpaired) electrons. The number of hydrogen-bond acceptors (Lipinski definition) is 10. The first kappa shape index (κ1) is 28.7. The fourth-order valence-corrected chi connectivity index (χ4v) is 5.16. The van der Waals surface area contributed by atoms with Crippen LogP contribution in [0.3, 0.4) is 0 Å². The van der Waals surface area contributed by atoms with Crippen molar-refractivity contribution in [3.05, 3.63) is 78.3 Å². The number of ether oxygens (including phenoxy) is 3. The van der Waals surface area contributed by atoms with Crippen LogP contribution in [0.5, 0.6) is 17.2 Å². The van der Waals surface area contributed by atoms with E-state index in [4.69, 9.17) is 23.2 Å². The summed E-state index contributed by atoms with van der Waals surface area (Å²) in [6.07, 6.45) is -0.654. The second kappa shape index (κ2) is 12.8. The molecule has 2 aromatic heterocycles. The van der Waals surface area contributed by atoms with Gasteiger partial charge in [0.2, 0.25) is 5.89 Å². The number of β-amino-alcohol motifs (C(OH)–C–C–N with tert-alkyl or cyclic N) is 1. The number of nitrogens with zero attached hydrogens (tertiary/aromatic N) is 4. The minimum absolute atomic E-state index is 0.149. The average Bonchev–Trinajstić information content (AvgIpc) is 3.67. The fraction of sp³-hybridized carbons (Fsp3) is 0.312. The zero-order chi connectivity index (χ0) is 29.8. The molecule has 6 rings (SSSR count). The number of oxazole rings is 1. The Morgan fingerprint density at radius 2 is 1.74 bits per heavy atom. The lowest BCUT2D eigenvalue weighted by molar-refractivity contribution is 0.0430. The Balaban J connectivity index is 0.966. The van der Waals surface area contributed by atoms with Gasteiger partial charge in [-0.3, -0.25) is 9.80 Å². The number of rotatable bonds is 11. The molecule has 0 aliphatic carbocycles. The van der Waals surface area contributed by atoms with E-state index in [0.717, 1.165) is 37.5 Å². The van der Waals surface area contributed by atoms with Crippen LogP contribution >= 0.6 is 0 Å². The van der Waals surface area contributed by atoms with Crippen molar-refractivity contribution in [3.8, 4) is 40.0 Å². The topological polar surface area (TPSA) is 106 Å². The molecule has 1 aliphatic heterocycles. The molecular formula is C32H33FN4O6. The van der Waals surface area contributed by atoms with Gasteiger partial charge in [0.15, 0.2) is 11.3 Å². The molecule has 1 aliphatic rings. The summed E-state index contributed by atoms with van der Waals surface area (Å²) in [6, 6.07) is 18.9. The summed E-state index contributed by atoms with van der Waals surface area (Å²) in [5, 5.41) is 14.9. The van der Waals surface area contributed by atoms with Gasteiger partial charge in [-0.15, -0.1) is 0 Å². The number of methoxy groups -OCH3 is 2. The minimum Gasteiger partial charge on any atom is -0.497 e. The van der Waals surface area contributed by atoms with Crippen LogP contribution in [0.2, 0.25) is 0 Å². The predicted molar refractivity (Wildman–Crippen MR) is 158 cm³/mol. The highest BCUT2D eigenvalue weighted by molar-refractivity contribution is 5.77. The quantitative estimate of drug-likeness (QED) is 0.230. The summed E-state index contributed by atoms with van der Waals surface area (Å²) in [7, 11) is 3.23. The molecule has 0 bridgehead atoms. The molecule has 0 spiro atoms. The number of benzene rings is 3. The Labute approximate surface area is 248 Å². The Bertz CT molecular complexity index is 1680. The molecule has 10 nitrogen and oxygen atoms in total. The molecule has 5 aromatic rings. The molecule has 1 atom stereocenters. The highest BCUT2D eigenvalue weighted by Crippen LogP contribution is 2.33. The van der Waals surface area contributed by atoms with Crippen LogP contribution in [0.15, 0.2) is 75.7 Å². The minimum atomic E-state index is -0.654. The van der Waals surface area contributed by atoms with Gasteiger partial charge >= 0.3 is 0 Å². The summed E-state index contributed by atoms with van der Waals surface area (Å²) in [5.74, 6) is 2.73. The third-order valence-corrected chi connectivity index (χ3v) is 7.43. The lowest BCUT2D eigenvalue weighted by Gasteiger charge is -2.35. The van der Waals surface area contributed by atoms with Gasteiger partial charge < -0.3 is 28.3 Å². The van der Waals surface area contributed by atoms with Crippen molar-refractivity contribution in [2.24, 2.45) is 0 Å². The second-order valence-corrected chi connectivity index (χ2v) is 10.4. The van der Waals surface area contributed by atoms with E-state index in [1.54, 1.807) is 44.6 Å². The molecular weight excluding hydrogens is 555 g/mol. The Morgan fingerprint density at radius 3 is 2.53 bits per heavy atom. The standard InChI is InChI=1S/C32H33FN4O6/c1-39-24-6-8-27(31(17-24)40-2)28-16-26(43-35-28)19-37-12-10-36(11-13-37)18-23(38)20-41-25-7-9-30-29(15-25)34-32(42-30)21-4-3-5-22(33)14-21/h3-9,14-17,23,38H,10-13,18-20H2,1-2H3/t23-/m1/s1. The van der Waals surface area contributed by atoms with Crippen molar-refractivity contribution in [2.75, 3.05) is 53.6 Å². The van der Waals surface area contributed by atoms with Crippen molar-refractivity contribution in [3.63, 3.8) is 0 Å². The maximum absolute atomic E-state index is 13.6. The molecule has 1 fully saturated rings. The number of aromatic nitrogens is 2. The van der Waals surface area contributed by atoms with Crippen LogP contribution in [0, 0.1) is 5.82 Å². The molecule has 0 unspecified atom stereocenters. The smallest absolute Gasteiger partial charge is 0.227 e. The Morgan fingerprint density at radius 1 is 0.930 bits per heavy atom. The maximum atomic E-state index is 13.6. The normalized spacial score (nSPS) is 15.1. The average molecular weight is 589 g/mol. The van der Waals surface area contributed by atoms with Crippen LogP contribution < -0.4 is 14.2 Å². The molecule has 1 saturated heterocycles. The summed E-state index contributed by atoms with van der Waals surface area (Å²) >= 11 is 0. The zero-order valence-electron chi connectivity index (χ0n) is 24.0. The van der Waals surface area contributed by atoms with Crippen LogP contribution in [-0.4, -0.2) is 84.7 Å². The van der Waals surface area contributed by atoms with E-state index in [0.29, 0.717) is 58.6 Å². The third-order valence-electron chi connectivity index (χ3n) is 7.43. The summed E-state index contributed by atoms with van der Waals surface area (Å²) in [5.41, 5.74) is 3.30. The van der Waals surface area contributed by atoms with Crippen LogP contribution in [0.4, 0.5) is 4.39 Å². The Kier molecular flexibility index (Phi) is 8.55. The van der Waals surface area contributed by atoms with E-state index >= 15 is 0 Å². The van der Waals surface area contributed by atoms with E-state index in [2.05, 4.69) is 19.9 Å². The molecule has 43 heavy (non-hydrogen) atoms. The van der Waals surface area contributed by atoms with Gasteiger partial charge in [-0.05, 0) is 42.5 Å². The van der Waals surface area contributed by atoms with Gasteiger partial charge in [-0.25, -0.2) is 9.37 Å². The lowest BCUT2D eigenvalue weighted by atomic mass is 10.1. The molecule has 3 heterocycles. The Hall–Kier alpha value is -4.45. The number of aliphatic hydroxyl groups is 1. The van der Waals surface area contributed by atoms with Crippen molar-refractivity contribution in [1.82, 2.24) is 19.9 Å². The molecule has 0 amide bonds. The molecule has 1 N–H and O–H groups in total. The zero-order valence-corrected chi connectivity index (χ0v) is 24.0. The highest BCUT2D eigenvalue weighted by atomic mass is 19.1. The van der Waals surface area contributed by atoms with Crippen molar-refractivity contribution >= 4 is 11.1 Å². The number of aliphatic hydroxyl groups excluding tert-OH is 1. The first-order valence-corrected chi connectivity index (χ1v) is 14.1. The number of halogens is 1. The summed E-state index contributed by atoms with van der Waals surface area (Å²) < 4.78 is 41.6. The van der Waals surface area contributed by atoms with E-state index in [9.17, 15) is 9.50 Å². The first-order chi connectivity index (χ1) is 21.0. The van der Waals surface area contributed by atoms with Crippen LogP contribution in [0.25, 0.3) is 33.8 Å². The van der Waals surface area contributed by atoms with Crippen LogP contribution in [-0.2, 0) is 6.54 Å². The SMILES string of the molecule is COc1ccc(-c2cc(CN3CCN(C[C@@H](O)COc4ccc5oc(-c6cccc(F)c6)nc5c4)CC3)on2)c(OC)c1. The molecule has 3 aromatic carbocycles. The van der Waals surface area contributed by atoms with Gasteiger partial charge in [0.25, 0.3) is 0 Å². The maximum Gasteiger partial charge on any atom is 0.227 e. The largest absolute Gasteiger partial charge is 0.497 e. The second-order valence-electron chi connectivity index (χ2n) is 10.4. The van der Waals surface area contributed by atoms with E-state index in [-0.39, 0.29) is 12.4 Å². The number of fused-ring (bicyclic) bond motifs is 1. The molecule has 11 heteroatoms. The fourth-order valence-electron chi connectivity index (χ4n) is 5.16.